The lowest BCUT2D eigenvalue weighted by Crippen LogP contribution is -2.03. The van der Waals surface area contributed by atoms with Crippen molar-refractivity contribution in [2.24, 2.45) is 0 Å². The highest BCUT2D eigenvalue weighted by Crippen LogP contribution is 2.18. The van der Waals surface area contributed by atoms with Crippen molar-refractivity contribution in [2.75, 3.05) is 0 Å². The van der Waals surface area contributed by atoms with Crippen molar-refractivity contribution < 1.29 is 0 Å². The molecular formula is C9H9ClN4. The fourth-order valence-corrected chi connectivity index (χ4v) is 1.33. The van der Waals surface area contributed by atoms with E-state index in [0.29, 0.717) is 5.82 Å². The molecule has 5 heteroatoms. The number of hydrogen-bond donors (Lipinski definition) is 0. The van der Waals surface area contributed by atoms with Crippen molar-refractivity contribution in [3.8, 4) is 5.69 Å². The number of nitrogens with zero attached hydrogens (tertiary/aromatic N) is 4. The zero-order chi connectivity index (χ0) is 9.97. The van der Waals surface area contributed by atoms with Crippen LogP contribution in [0.4, 0.5) is 0 Å². The largest absolute Gasteiger partial charge is 0.196 e. The number of tetrazole rings is 1. The number of aromatic nitrogens is 4. The minimum atomic E-state index is -0.204. The van der Waals surface area contributed by atoms with E-state index >= 15 is 0 Å². The number of benzene rings is 1. The van der Waals surface area contributed by atoms with Crippen molar-refractivity contribution in [2.45, 2.75) is 12.3 Å². The van der Waals surface area contributed by atoms with Crippen LogP contribution in [0.1, 0.15) is 18.1 Å². The first-order chi connectivity index (χ1) is 6.79. The predicted molar refractivity (Wildman–Crippen MR) is 53.4 cm³/mol. The lowest BCUT2D eigenvalue weighted by Gasteiger charge is -2.04. The van der Waals surface area contributed by atoms with Crippen LogP contribution in [0.2, 0.25) is 0 Å². The summed E-state index contributed by atoms with van der Waals surface area (Å²) in [7, 11) is 0. The molecule has 1 heterocycles. The molecule has 0 fully saturated rings. The summed E-state index contributed by atoms with van der Waals surface area (Å²) in [5.41, 5.74) is 0.917. The number of halogens is 1. The Morgan fingerprint density at radius 3 is 2.64 bits per heavy atom. The van der Waals surface area contributed by atoms with E-state index in [2.05, 4.69) is 15.5 Å². The fourth-order valence-electron chi connectivity index (χ4n) is 1.20. The van der Waals surface area contributed by atoms with Gasteiger partial charge < -0.3 is 0 Å². The molecule has 2 rings (SSSR count). The van der Waals surface area contributed by atoms with Crippen LogP contribution in [-0.4, -0.2) is 20.2 Å². The average Bonchev–Trinajstić information content (AvgIpc) is 2.67. The van der Waals surface area contributed by atoms with Crippen LogP contribution in [0.15, 0.2) is 30.3 Å². The normalized spacial score (nSPS) is 12.7. The van der Waals surface area contributed by atoms with Gasteiger partial charge in [0.05, 0.1) is 11.1 Å². The Kier molecular flexibility index (Phi) is 2.45. The second-order valence-corrected chi connectivity index (χ2v) is 3.56. The first-order valence-corrected chi connectivity index (χ1v) is 4.70. The molecule has 1 atom stereocenters. The highest BCUT2D eigenvalue weighted by molar-refractivity contribution is 6.20. The highest BCUT2D eigenvalue weighted by atomic mass is 35.5. The maximum Gasteiger partial charge on any atom is 0.174 e. The molecule has 2 aromatic rings. The lowest BCUT2D eigenvalue weighted by atomic mass is 10.3. The minimum absolute atomic E-state index is 0.204. The summed E-state index contributed by atoms with van der Waals surface area (Å²) < 4.78 is 1.64. The summed E-state index contributed by atoms with van der Waals surface area (Å²) in [5.74, 6) is 0.651. The molecular weight excluding hydrogens is 200 g/mol. The monoisotopic (exact) mass is 208 g/mol. The fraction of sp³-hybridized carbons (Fsp3) is 0.222. The first kappa shape index (κ1) is 9.15. The van der Waals surface area contributed by atoms with Gasteiger partial charge in [-0.25, -0.2) is 0 Å². The van der Waals surface area contributed by atoms with E-state index < -0.39 is 0 Å². The summed E-state index contributed by atoms with van der Waals surface area (Å²) in [6.45, 7) is 1.84. The summed E-state index contributed by atoms with van der Waals surface area (Å²) in [6.07, 6.45) is 0. The van der Waals surface area contributed by atoms with Crippen LogP contribution in [0.5, 0.6) is 0 Å². The van der Waals surface area contributed by atoms with Crippen LogP contribution >= 0.6 is 11.6 Å². The van der Waals surface area contributed by atoms with E-state index in [4.69, 9.17) is 11.6 Å². The van der Waals surface area contributed by atoms with Gasteiger partial charge in [0.15, 0.2) is 5.82 Å². The van der Waals surface area contributed by atoms with Crippen molar-refractivity contribution >= 4 is 11.6 Å². The van der Waals surface area contributed by atoms with Gasteiger partial charge in [-0.15, -0.1) is 16.7 Å². The van der Waals surface area contributed by atoms with Gasteiger partial charge in [0.25, 0.3) is 0 Å². The first-order valence-electron chi connectivity index (χ1n) is 4.27. The molecule has 0 bridgehead atoms. The molecule has 0 radical (unpaired) electrons. The van der Waals surface area contributed by atoms with E-state index in [1.165, 1.54) is 0 Å². The van der Waals surface area contributed by atoms with Crippen molar-refractivity contribution in [3.05, 3.63) is 36.2 Å². The van der Waals surface area contributed by atoms with Crippen molar-refractivity contribution in [1.82, 2.24) is 20.2 Å². The molecule has 0 N–H and O–H groups in total. The van der Waals surface area contributed by atoms with E-state index in [-0.39, 0.29) is 5.38 Å². The molecule has 1 aromatic heterocycles. The molecule has 1 unspecified atom stereocenters. The molecule has 0 aliphatic rings. The molecule has 0 saturated carbocycles. The Balaban J connectivity index is 2.47. The van der Waals surface area contributed by atoms with E-state index in [9.17, 15) is 0 Å². The van der Waals surface area contributed by atoms with Gasteiger partial charge in [0.2, 0.25) is 0 Å². The van der Waals surface area contributed by atoms with Gasteiger partial charge in [-0.2, -0.15) is 4.68 Å². The number of alkyl halides is 1. The standard InChI is InChI=1S/C9H9ClN4/c1-7(10)9-11-12-13-14(9)8-5-3-2-4-6-8/h2-7H,1H3. The molecule has 0 aliphatic carbocycles. The van der Waals surface area contributed by atoms with Crippen molar-refractivity contribution in [3.63, 3.8) is 0 Å². The summed E-state index contributed by atoms with van der Waals surface area (Å²) in [6, 6.07) is 9.66. The third kappa shape index (κ3) is 1.61. The van der Waals surface area contributed by atoms with Gasteiger partial charge in [0.1, 0.15) is 0 Å². The molecule has 1 aromatic carbocycles. The van der Waals surface area contributed by atoms with Crippen LogP contribution in [0.3, 0.4) is 0 Å². The number of rotatable bonds is 2. The Bertz CT molecular complexity index is 410. The van der Waals surface area contributed by atoms with E-state index in [1.807, 2.05) is 37.3 Å². The van der Waals surface area contributed by atoms with E-state index in [1.54, 1.807) is 4.68 Å². The number of para-hydroxylation sites is 1. The summed E-state index contributed by atoms with van der Waals surface area (Å²) >= 11 is 5.94. The van der Waals surface area contributed by atoms with Crippen LogP contribution in [0.25, 0.3) is 5.69 Å². The average molecular weight is 209 g/mol. The van der Waals surface area contributed by atoms with Crippen molar-refractivity contribution in [1.29, 1.82) is 0 Å². The topological polar surface area (TPSA) is 43.6 Å². The molecule has 72 valence electrons. The quantitative estimate of drug-likeness (QED) is 0.709. The Hall–Kier alpha value is -1.42. The smallest absolute Gasteiger partial charge is 0.174 e. The van der Waals surface area contributed by atoms with E-state index in [0.717, 1.165) is 5.69 Å². The van der Waals surface area contributed by atoms with Crippen LogP contribution in [0, 0.1) is 0 Å². The second kappa shape index (κ2) is 3.75. The maximum absolute atomic E-state index is 5.94. The highest BCUT2D eigenvalue weighted by Gasteiger charge is 2.12. The van der Waals surface area contributed by atoms with Crippen LogP contribution < -0.4 is 0 Å². The minimum Gasteiger partial charge on any atom is -0.196 e. The van der Waals surface area contributed by atoms with Crippen LogP contribution in [-0.2, 0) is 0 Å². The molecule has 0 spiro atoms. The zero-order valence-electron chi connectivity index (χ0n) is 7.63. The van der Waals surface area contributed by atoms with Gasteiger partial charge >= 0.3 is 0 Å². The maximum atomic E-state index is 5.94. The van der Waals surface area contributed by atoms with Gasteiger partial charge in [-0.3, -0.25) is 0 Å². The molecule has 14 heavy (non-hydrogen) atoms. The summed E-state index contributed by atoms with van der Waals surface area (Å²) in [4.78, 5) is 0. The number of hydrogen-bond acceptors (Lipinski definition) is 3. The van der Waals surface area contributed by atoms with Gasteiger partial charge in [-0.1, -0.05) is 18.2 Å². The van der Waals surface area contributed by atoms with Gasteiger partial charge in [0, 0.05) is 0 Å². The second-order valence-electron chi connectivity index (χ2n) is 2.90. The van der Waals surface area contributed by atoms with Gasteiger partial charge in [-0.05, 0) is 29.5 Å². The zero-order valence-corrected chi connectivity index (χ0v) is 8.39. The third-order valence-corrected chi connectivity index (χ3v) is 2.05. The molecule has 0 saturated heterocycles. The third-order valence-electron chi connectivity index (χ3n) is 1.85. The Morgan fingerprint density at radius 2 is 2.00 bits per heavy atom. The molecule has 4 nitrogen and oxygen atoms in total. The SMILES string of the molecule is CC(Cl)c1nnnn1-c1ccccc1. The summed E-state index contributed by atoms with van der Waals surface area (Å²) in [5, 5.41) is 11.1. The molecule has 0 amide bonds. The lowest BCUT2D eigenvalue weighted by molar-refractivity contribution is 0.761. The predicted octanol–water partition coefficient (Wildman–Crippen LogP) is 1.96. The molecule has 0 aliphatic heterocycles. The Morgan fingerprint density at radius 1 is 1.29 bits per heavy atom. The Labute approximate surface area is 86.5 Å².